The Labute approximate surface area is 115 Å². The molecule has 0 amide bonds. The number of hydrogen-bond donors (Lipinski definition) is 2. The maximum absolute atomic E-state index is 6.01. The standard InChI is InChI=1S/C12H17IN2S/c1-16-12-4-2-3-11(12)15-10-6-5-8(13)7-9(10)14/h5-7,11-12,15H,2-4,14H2,1H3. The van der Waals surface area contributed by atoms with Crippen LogP contribution < -0.4 is 11.1 Å². The van der Waals surface area contributed by atoms with E-state index in [1.54, 1.807) is 0 Å². The highest BCUT2D eigenvalue weighted by Gasteiger charge is 2.26. The molecule has 0 aromatic heterocycles. The topological polar surface area (TPSA) is 38.0 Å². The summed E-state index contributed by atoms with van der Waals surface area (Å²) in [7, 11) is 0. The number of benzene rings is 1. The fraction of sp³-hybridized carbons (Fsp3) is 0.500. The van der Waals surface area contributed by atoms with Gasteiger partial charge >= 0.3 is 0 Å². The molecule has 1 saturated carbocycles. The normalized spacial score (nSPS) is 24.6. The number of rotatable bonds is 3. The Bertz CT molecular complexity index is 370. The van der Waals surface area contributed by atoms with Gasteiger partial charge in [-0.2, -0.15) is 11.8 Å². The van der Waals surface area contributed by atoms with E-state index < -0.39 is 0 Å². The highest BCUT2D eigenvalue weighted by molar-refractivity contribution is 14.1. The van der Waals surface area contributed by atoms with Gasteiger partial charge in [0.2, 0.25) is 0 Å². The van der Waals surface area contributed by atoms with Gasteiger partial charge in [0, 0.05) is 14.9 Å². The highest BCUT2D eigenvalue weighted by Crippen LogP contribution is 2.32. The summed E-state index contributed by atoms with van der Waals surface area (Å²) in [5.74, 6) is 0. The van der Waals surface area contributed by atoms with Crippen molar-refractivity contribution in [3.8, 4) is 0 Å². The quantitative estimate of drug-likeness (QED) is 0.648. The van der Waals surface area contributed by atoms with Crippen molar-refractivity contribution in [3.05, 3.63) is 21.8 Å². The van der Waals surface area contributed by atoms with Crippen LogP contribution in [-0.4, -0.2) is 17.5 Å². The zero-order chi connectivity index (χ0) is 11.5. The number of nitrogens with one attached hydrogen (secondary N) is 1. The second kappa shape index (κ2) is 5.49. The summed E-state index contributed by atoms with van der Waals surface area (Å²) in [5.41, 5.74) is 7.96. The second-order valence-electron chi connectivity index (χ2n) is 4.19. The third kappa shape index (κ3) is 2.77. The molecule has 1 fully saturated rings. The minimum absolute atomic E-state index is 0.581. The average Bonchev–Trinajstić information content (AvgIpc) is 2.69. The fourth-order valence-electron chi connectivity index (χ4n) is 2.24. The molecule has 2 unspecified atom stereocenters. The number of anilines is 2. The first-order chi connectivity index (χ1) is 7.70. The molecule has 2 rings (SSSR count). The second-order valence-corrected chi connectivity index (χ2v) is 6.51. The van der Waals surface area contributed by atoms with Crippen LogP contribution in [0.15, 0.2) is 18.2 Å². The van der Waals surface area contributed by atoms with Gasteiger partial charge in [-0.3, -0.25) is 0 Å². The van der Waals surface area contributed by atoms with Gasteiger partial charge in [0.05, 0.1) is 11.4 Å². The minimum atomic E-state index is 0.581. The van der Waals surface area contributed by atoms with Crippen LogP contribution in [0.3, 0.4) is 0 Å². The lowest BCUT2D eigenvalue weighted by atomic mass is 10.2. The van der Waals surface area contributed by atoms with E-state index in [1.165, 1.54) is 22.8 Å². The molecule has 2 atom stereocenters. The van der Waals surface area contributed by atoms with Crippen molar-refractivity contribution in [2.75, 3.05) is 17.3 Å². The number of hydrogen-bond acceptors (Lipinski definition) is 3. The van der Waals surface area contributed by atoms with Crippen molar-refractivity contribution in [3.63, 3.8) is 0 Å². The first kappa shape index (κ1) is 12.4. The van der Waals surface area contributed by atoms with E-state index in [-0.39, 0.29) is 0 Å². The number of halogens is 1. The van der Waals surface area contributed by atoms with Crippen molar-refractivity contribution in [1.29, 1.82) is 0 Å². The molecule has 0 bridgehead atoms. The monoisotopic (exact) mass is 348 g/mol. The molecule has 16 heavy (non-hydrogen) atoms. The summed E-state index contributed by atoms with van der Waals surface area (Å²) < 4.78 is 1.19. The predicted molar refractivity (Wildman–Crippen MR) is 82.1 cm³/mol. The van der Waals surface area contributed by atoms with Crippen LogP contribution in [-0.2, 0) is 0 Å². The van der Waals surface area contributed by atoms with Gasteiger partial charge in [0.15, 0.2) is 0 Å². The Balaban J connectivity index is 2.08. The van der Waals surface area contributed by atoms with E-state index in [1.807, 2.05) is 17.8 Å². The summed E-state index contributed by atoms with van der Waals surface area (Å²) in [6.45, 7) is 0. The number of nitrogens with two attached hydrogens (primary N) is 1. The molecule has 88 valence electrons. The molecular weight excluding hydrogens is 331 g/mol. The molecule has 3 N–H and O–H groups in total. The lowest BCUT2D eigenvalue weighted by molar-refractivity contribution is 0.769. The molecule has 0 spiro atoms. The summed E-state index contributed by atoms with van der Waals surface area (Å²) in [6, 6.07) is 6.79. The largest absolute Gasteiger partial charge is 0.397 e. The molecule has 0 radical (unpaired) electrons. The third-order valence-electron chi connectivity index (χ3n) is 3.11. The molecular formula is C12H17IN2S. The summed E-state index contributed by atoms with van der Waals surface area (Å²) in [6.07, 6.45) is 6.11. The van der Waals surface area contributed by atoms with E-state index in [0.29, 0.717) is 6.04 Å². The Hall–Kier alpha value is -0.100. The summed E-state index contributed by atoms with van der Waals surface area (Å²) in [4.78, 5) is 0. The molecule has 1 aliphatic rings. The fourth-order valence-corrected chi connectivity index (χ4v) is 3.69. The van der Waals surface area contributed by atoms with Crippen molar-refractivity contribution < 1.29 is 0 Å². The zero-order valence-electron chi connectivity index (χ0n) is 9.37. The Morgan fingerprint density at radius 1 is 1.44 bits per heavy atom. The summed E-state index contributed by atoms with van der Waals surface area (Å²) >= 11 is 4.25. The van der Waals surface area contributed by atoms with Gasteiger partial charge in [-0.05, 0) is 59.9 Å². The number of nitrogen functional groups attached to an aromatic ring is 1. The van der Waals surface area contributed by atoms with Crippen LogP contribution in [0.1, 0.15) is 19.3 Å². The minimum Gasteiger partial charge on any atom is -0.397 e. The van der Waals surface area contributed by atoms with Gasteiger partial charge in [0.1, 0.15) is 0 Å². The van der Waals surface area contributed by atoms with Crippen molar-refractivity contribution in [2.45, 2.75) is 30.6 Å². The van der Waals surface area contributed by atoms with Crippen LogP contribution in [0.2, 0.25) is 0 Å². The molecule has 0 heterocycles. The molecule has 4 heteroatoms. The van der Waals surface area contributed by atoms with Crippen LogP contribution in [0, 0.1) is 3.57 Å². The van der Waals surface area contributed by atoms with Crippen LogP contribution in [0.25, 0.3) is 0 Å². The van der Waals surface area contributed by atoms with E-state index in [9.17, 15) is 0 Å². The zero-order valence-corrected chi connectivity index (χ0v) is 12.3. The SMILES string of the molecule is CSC1CCCC1Nc1ccc(I)cc1N. The predicted octanol–water partition coefficient (Wildman–Crippen LogP) is 3.57. The smallest absolute Gasteiger partial charge is 0.0577 e. The van der Waals surface area contributed by atoms with Gasteiger partial charge in [-0.15, -0.1) is 0 Å². The van der Waals surface area contributed by atoms with E-state index in [2.05, 4.69) is 46.3 Å². The molecule has 0 aliphatic heterocycles. The van der Waals surface area contributed by atoms with Gasteiger partial charge in [0.25, 0.3) is 0 Å². The Kier molecular flexibility index (Phi) is 4.24. The van der Waals surface area contributed by atoms with Crippen molar-refractivity contribution in [1.82, 2.24) is 0 Å². The van der Waals surface area contributed by atoms with E-state index in [4.69, 9.17) is 5.73 Å². The van der Waals surface area contributed by atoms with Crippen LogP contribution in [0.4, 0.5) is 11.4 Å². The maximum Gasteiger partial charge on any atom is 0.0577 e. The maximum atomic E-state index is 6.01. The van der Waals surface area contributed by atoms with Crippen LogP contribution >= 0.6 is 34.4 Å². The lowest BCUT2D eigenvalue weighted by Crippen LogP contribution is -2.26. The Morgan fingerprint density at radius 3 is 2.94 bits per heavy atom. The highest BCUT2D eigenvalue weighted by atomic mass is 127. The van der Waals surface area contributed by atoms with E-state index in [0.717, 1.165) is 16.6 Å². The van der Waals surface area contributed by atoms with Gasteiger partial charge in [-0.1, -0.05) is 6.42 Å². The molecule has 1 aromatic rings. The van der Waals surface area contributed by atoms with Crippen molar-refractivity contribution >= 4 is 45.7 Å². The third-order valence-corrected chi connectivity index (χ3v) is 4.95. The van der Waals surface area contributed by atoms with Gasteiger partial charge < -0.3 is 11.1 Å². The van der Waals surface area contributed by atoms with E-state index >= 15 is 0 Å². The van der Waals surface area contributed by atoms with Gasteiger partial charge in [-0.25, -0.2) is 0 Å². The molecule has 0 saturated heterocycles. The molecule has 1 aliphatic carbocycles. The van der Waals surface area contributed by atoms with Crippen LogP contribution in [0.5, 0.6) is 0 Å². The molecule has 2 nitrogen and oxygen atoms in total. The summed E-state index contributed by atoms with van der Waals surface area (Å²) in [5, 5.41) is 4.32. The first-order valence-electron chi connectivity index (χ1n) is 5.55. The average molecular weight is 348 g/mol. The Morgan fingerprint density at radius 2 is 2.25 bits per heavy atom. The molecule has 1 aromatic carbocycles. The lowest BCUT2D eigenvalue weighted by Gasteiger charge is -2.21. The number of thioether (sulfide) groups is 1. The van der Waals surface area contributed by atoms with Crippen molar-refractivity contribution in [2.24, 2.45) is 0 Å². The first-order valence-corrected chi connectivity index (χ1v) is 7.91.